The van der Waals surface area contributed by atoms with Crippen molar-refractivity contribution in [3.05, 3.63) is 273 Å². The fourth-order valence-corrected chi connectivity index (χ4v) is 15.5. The fourth-order valence-electron chi connectivity index (χ4n) is 11.4. The van der Waals surface area contributed by atoms with Crippen LogP contribution in [0.4, 0.5) is 0 Å². The van der Waals surface area contributed by atoms with Crippen molar-refractivity contribution < 1.29 is 0 Å². The van der Waals surface area contributed by atoms with E-state index in [-0.39, 0.29) is 0 Å². The number of benzene rings is 11. The van der Waals surface area contributed by atoms with E-state index in [0.717, 1.165) is 17.1 Å². The van der Waals surface area contributed by atoms with Gasteiger partial charge in [0.2, 0.25) is 0 Å². The first-order chi connectivity index (χ1) is 34.8. The van der Waals surface area contributed by atoms with E-state index in [9.17, 15) is 0 Å². The van der Waals surface area contributed by atoms with Crippen LogP contribution in [0.25, 0.3) is 93.6 Å². The van der Waals surface area contributed by atoms with Gasteiger partial charge in [0, 0.05) is 63.3 Å². The minimum absolute atomic E-state index is 1.13. The summed E-state index contributed by atoms with van der Waals surface area (Å²) in [5, 5.41) is 7.42. The third-order valence-electron chi connectivity index (χ3n) is 14.3. The lowest BCUT2D eigenvalue weighted by atomic mass is 10.1. The van der Waals surface area contributed by atoms with Crippen molar-refractivity contribution in [2.45, 2.75) is 19.6 Å². The van der Waals surface area contributed by atoms with Gasteiger partial charge in [0.1, 0.15) is 0 Å². The molecule has 0 bridgehead atoms. The Labute approximate surface area is 407 Å². The van der Waals surface area contributed by atoms with Gasteiger partial charge in [-0.1, -0.05) is 170 Å². The Kier molecular flexibility index (Phi) is 9.29. The molecule has 0 radical (unpaired) electrons. The van der Waals surface area contributed by atoms with E-state index in [1.54, 1.807) is 0 Å². The van der Waals surface area contributed by atoms with Crippen LogP contribution in [-0.4, -0.2) is 13.7 Å². The van der Waals surface area contributed by atoms with E-state index >= 15 is 0 Å². The number of para-hydroxylation sites is 5. The minimum atomic E-state index is -2.19. The van der Waals surface area contributed by atoms with Crippen molar-refractivity contribution >= 4 is 75.4 Å². The number of rotatable bonds is 8. The molecule has 0 aliphatic carbocycles. The van der Waals surface area contributed by atoms with E-state index in [2.05, 4.69) is 287 Å². The third kappa shape index (κ3) is 5.97. The van der Waals surface area contributed by atoms with Crippen molar-refractivity contribution in [1.29, 1.82) is 0 Å². The molecule has 0 atom stereocenters. The van der Waals surface area contributed by atoms with Crippen LogP contribution in [0.3, 0.4) is 0 Å². The van der Waals surface area contributed by atoms with Crippen LogP contribution in [0.2, 0.25) is 0 Å². The van der Waals surface area contributed by atoms with Gasteiger partial charge in [-0.2, -0.15) is 0 Å². The zero-order valence-corrected chi connectivity index (χ0v) is 39.0. The molecule has 14 aromatic rings. The SMILES string of the molecule is c1ccc(-c2cccc(-n3c4ccccc4c4cccc(-n5c6ccccc6c6c(S(c7ccccc7)(c7ccccc7)c7ccc8c(c7)c7ccccc7n8-c7ccccc7)cccc65)c43)c2)cc1. The molecule has 3 nitrogen and oxygen atoms in total. The number of hydrogen-bond donors (Lipinski definition) is 0. The molecule has 4 heteroatoms. The summed E-state index contributed by atoms with van der Waals surface area (Å²) >= 11 is 0. The van der Waals surface area contributed by atoms with Crippen molar-refractivity contribution in [2.24, 2.45) is 0 Å². The Balaban J connectivity index is 1.10. The normalized spacial score (nSPS) is 12.2. The summed E-state index contributed by atoms with van der Waals surface area (Å²) in [7, 11) is -2.19. The summed E-state index contributed by atoms with van der Waals surface area (Å²) in [5.41, 5.74) is 12.9. The summed E-state index contributed by atoms with van der Waals surface area (Å²) < 4.78 is 7.45. The first-order valence-corrected chi connectivity index (χ1v) is 25.6. The molecular formula is C66H45N3S. The predicted octanol–water partition coefficient (Wildman–Crippen LogP) is 18.0. The average molecular weight is 912 g/mol. The quantitative estimate of drug-likeness (QED) is 0.144. The van der Waals surface area contributed by atoms with E-state index < -0.39 is 10.0 Å². The second-order valence-electron chi connectivity index (χ2n) is 18.1. The first-order valence-electron chi connectivity index (χ1n) is 24.0. The highest BCUT2D eigenvalue weighted by atomic mass is 32.3. The number of fused-ring (bicyclic) bond motifs is 9. The Hall–Kier alpha value is -8.83. The average Bonchev–Trinajstić information content (AvgIpc) is 4.09. The molecule has 0 saturated carbocycles. The molecular weight excluding hydrogens is 867 g/mol. The molecule has 0 unspecified atom stereocenters. The summed E-state index contributed by atoms with van der Waals surface area (Å²) in [5.74, 6) is 0. The lowest BCUT2D eigenvalue weighted by Crippen LogP contribution is -2.06. The molecule has 0 spiro atoms. The molecule has 70 heavy (non-hydrogen) atoms. The highest BCUT2D eigenvalue weighted by Gasteiger charge is 2.37. The van der Waals surface area contributed by atoms with Crippen molar-refractivity contribution in [3.63, 3.8) is 0 Å². The van der Waals surface area contributed by atoms with E-state index in [4.69, 9.17) is 0 Å². The highest BCUT2D eigenvalue weighted by Crippen LogP contribution is 2.75. The van der Waals surface area contributed by atoms with Crippen LogP contribution >= 0.6 is 10.0 Å². The summed E-state index contributed by atoms with van der Waals surface area (Å²) in [6, 6.07) is 101. The summed E-state index contributed by atoms with van der Waals surface area (Å²) in [6.07, 6.45) is 0. The molecule has 0 amide bonds. The van der Waals surface area contributed by atoms with Crippen LogP contribution in [0.15, 0.2) is 293 Å². The molecule has 14 rings (SSSR count). The zero-order chi connectivity index (χ0) is 46.2. The predicted molar refractivity (Wildman–Crippen MR) is 295 cm³/mol. The molecule has 3 heterocycles. The van der Waals surface area contributed by atoms with Crippen LogP contribution in [-0.2, 0) is 0 Å². The largest absolute Gasteiger partial charge is 0.309 e. The maximum Gasteiger partial charge on any atom is 0.0782 e. The molecule has 0 fully saturated rings. The minimum Gasteiger partial charge on any atom is -0.309 e. The summed E-state index contributed by atoms with van der Waals surface area (Å²) in [6.45, 7) is 0. The van der Waals surface area contributed by atoms with Crippen molar-refractivity contribution in [1.82, 2.24) is 13.7 Å². The maximum atomic E-state index is 2.55. The van der Waals surface area contributed by atoms with Gasteiger partial charge in [0.05, 0.1) is 38.8 Å². The first kappa shape index (κ1) is 40.3. The highest BCUT2D eigenvalue weighted by molar-refractivity contribution is 8.34. The standard InChI is InChI=1S/C66H45N3S/c1-5-22-46(23-6-1)47-24-19-27-49(44-47)68-59-37-17-13-32-53(59)55-35-20-40-63(66(55)68)69-60-38-18-15-34-56(60)65-62(69)39-21-41-64(65)70(50-28-9-3-10-29-50,51-30-11-4-12-31-51)52-42-43-61-57(45-52)54-33-14-16-36-58(54)67(61)48-25-7-2-8-26-48/h1-45H. The van der Waals surface area contributed by atoms with Gasteiger partial charge < -0.3 is 13.7 Å². The monoisotopic (exact) mass is 911 g/mol. The second kappa shape index (κ2) is 16.2. The van der Waals surface area contributed by atoms with Crippen molar-refractivity contribution in [2.75, 3.05) is 0 Å². The van der Waals surface area contributed by atoms with E-state index in [1.165, 1.54) is 96.1 Å². The van der Waals surface area contributed by atoms with Gasteiger partial charge in [-0.05, 0) is 114 Å². The van der Waals surface area contributed by atoms with Gasteiger partial charge in [0.25, 0.3) is 0 Å². The second-order valence-corrected chi connectivity index (χ2v) is 21.1. The molecule has 0 N–H and O–H groups in total. The molecule has 0 saturated heterocycles. The molecule has 11 aromatic carbocycles. The lowest BCUT2D eigenvalue weighted by molar-refractivity contribution is 1.13. The number of nitrogens with zero attached hydrogens (tertiary/aromatic N) is 3. The summed E-state index contributed by atoms with van der Waals surface area (Å²) in [4.78, 5) is 5.18. The van der Waals surface area contributed by atoms with E-state index in [1.807, 2.05) is 0 Å². The maximum absolute atomic E-state index is 2.55. The molecule has 0 aliphatic heterocycles. The van der Waals surface area contributed by atoms with Gasteiger partial charge in [-0.3, -0.25) is 0 Å². The Morgan fingerprint density at radius 2 is 0.743 bits per heavy atom. The Morgan fingerprint density at radius 3 is 1.44 bits per heavy atom. The van der Waals surface area contributed by atoms with Crippen LogP contribution < -0.4 is 0 Å². The third-order valence-corrected chi connectivity index (χ3v) is 18.2. The molecule has 3 aromatic heterocycles. The van der Waals surface area contributed by atoms with Gasteiger partial charge in [-0.25, -0.2) is 0 Å². The number of aromatic nitrogens is 3. The Bertz CT molecular complexity index is 4240. The number of hydrogen-bond acceptors (Lipinski definition) is 0. The fraction of sp³-hybridized carbons (Fsp3) is 0. The molecule has 0 aliphatic rings. The zero-order valence-electron chi connectivity index (χ0n) is 38.2. The molecule has 330 valence electrons. The van der Waals surface area contributed by atoms with Crippen LogP contribution in [0.5, 0.6) is 0 Å². The Morgan fingerprint density at radius 1 is 0.257 bits per heavy atom. The van der Waals surface area contributed by atoms with Gasteiger partial charge >= 0.3 is 0 Å². The lowest BCUT2D eigenvalue weighted by Gasteiger charge is -2.42. The van der Waals surface area contributed by atoms with Crippen LogP contribution in [0, 0.1) is 0 Å². The van der Waals surface area contributed by atoms with Gasteiger partial charge in [0.15, 0.2) is 0 Å². The topological polar surface area (TPSA) is 14.8 Å². The van der Waals surface area contributed by atoms with Gasteiger partial charge in [-0.15, -0.1) is 10.0 Å². The smallest absolute Gasteiger partial charge is 0.0782 e. The van der Waals surface area contributed by atoms with E-state index in [0.29, 0.717) is 0 Å². The van der Waals surface area contributed by atoms with Crippen molar-refractivity contribution in [3.8, 4) is 28.2 Å². The van der Waals surface area contributed by atoms with Crippen LogP contribution in [0.1, 0.15) is 0 Å².